The fraction of sp³-hybridized carbons (Fsp3) is 0.917. The molecule has 7 heteroatoms. The number of nitrogens with one attached hydrogen (secondary N) is 1. The van der Waals surface area contributed by atoms with E-state index in [2.05, 4.69) is 5.32 Å². The molecule has 0 atom stereocenters. The van der Waals surface area contributed by atoms with E-state index in [1.54, 1.807) is 6.92 Å². The fourth-order valence-corrected chi connectivity index (χ4v) is 3.07. The topological polar surface area (TPSA) is 75.7 Å². The van der Waals surface area contributed by atoms with Gasteiger partial charge in [-0.25, -0.2) is 17.5 Å². The molecule has 1 heterocycles. The van der Waals surface area contributed by atoms with Gasteiger partial charge in [-0.2, -0.15) is 0 Å². The van der Waals surface area contributed by atoms with Gasteiger partial charge in [0.2, 0.25) is 10.0 Å². The van der Waals surface area contributed by atoms with Gasteiger partial charge in [-0.3, -0.25) is 0 Å². The van der Waals surface area contributed by atoms with Gasteiger partial charge < -0.3 is 10.1 Å². The van der Waals surface area contributed by atoms with Crippen molar-refractivity contribution in [3.8, 4) is 0 Å². The maximum atomic E-state index is 11.7. The maximum Gasteiger partial charge on any atom is 0.407 e. The Hall–Kier alpha value is -0.820. The lowest BCUT2D eigenvalue weighted by atomic mass is 10.1. The smallest absolute Gasteiger partial charge is 0.407 e. The van der Waals surface area contributed by atoms with Crippen LogP contribution in [0.3, 0.4) is 0 Å². The average Bonchev–Trinajstić information content (AvgIpc) is 2.27. The molecule has 1 fully saturated rings. The molecule has 0 aromatic heterocycles. The summed E-state index contributed by atoms with van der Waals surface area (Å²) in [5.74, 6) is 0.122. The molecule has 1 rings (SSSR count). The van der Waals surface area contributed by atoms with Gasteiger partial charge in [-0.15, -0.1) is 0 Å². The lowest BCUT2D eigenvalue weighted by Gasteiger charge is -2.31. The highest BCUT2D eigenvalue weighted by Crippen LogP contribution is 2.15. The average molecular weight is 292 g/mol. The van der Waals surface area contributed by atoms with Crippen molar-refractivity contribution in [3.05, 3.63) is 0 Å². The van der Waals surface area contributed by atoms with E-state index in [9.17, 15) is 13.2 Å². The maximum absolute atomic E-state index is 11.7. The van der Waals surface area contributed by atoms with Crippen molar-refractivity contribution in [2.24, 2.45) is 0 Å². The molecule has 0 radical (unpaired) electrons. The number of sulfonamides is 1. The lowest BCUT2D eigenvalue weighted by Crippen LogP contribution is -2.47. The molecule has 6 nitrogen and oxygen atoms in total. The number of rotatable bonds is 3. The highest BCUT2D eigenvalue weighted by molar-refractivity contribution is 7.89. The molecule has 112 valence electrons. The minimum atomic E-state index is -3.11. The molecule has 0 saturated carbocycles. The second-order valence-electron chi connectivity index (χ2n) is 5.72. The summed E-state index contributed by atoms with van der Waals surface area (Å²) in [5.41, 5.74) is -0.518. The third-order valence-electron chi connectivity index (χ3n) is 2.93. The Morgan fingerprint density at radius 1 is 1.32 bits per heavy atom. The van der Waals surface area contributed by atoms with Crippen LogP contribution in [0.2, 0.25) is 0 Å². The fourth-order valence-electron chi connectivity index (χ4n) is 1.94. The van der Waals surface area contributed by atoms with E-state index in [1.165, 1.54) is 4.31 Å². The van der Waals surface area contributed by atoms with E-state index < -0.39 is 21.7 Å². The number of hydrogen-bond donors (Lipinski definition) is 1. The first-order valence-corrected chi connectivity index (χ1v) is 8.22. The third-order valence-corrected chi connectivity index (χ3v) is 4.81. The Balaban J connectivity index is 2.41. The standard InChI is InChI=1S/C12H24N2O4S/c1-5-19(16,17)14-8-6-10(7-9-14)13-11(15)18-12(2,3)4/h10H,5-9H2,1-4H3,(H,13,15). The van der Waals surface area contributed by atoms with Crippen molar-refractivity contribution in [3.63, 3.8) is 0 Å². The number of carbonyl (C=O) groups excluding carboxylic acids is 1. The number of nitrogens with zero attached hydrogens (tertiary/aromatic N) is 1. The minimum absolute atomic E-state index is 0.0156. The van der Waals surface area contributed by atoms with Gasteiger partial charge in [0, 0.05) is 19.1 Å². The predicted octanol–water partition coefficient (Wildman–Crippen LogP) is 1.33. The molecule has 1 aliphatic heterocycles. The van der Waals surface area contributed by atoms with Crippen LogP contribution in [0.1, 0.15) is 40.5 Å². The number of ether oxygens (including phenoxy) is 1. The molecule has 0 bridgehead atoms. The van der Waals surface area contributed by atoms with Gasteiger partial charge in [-0.05, 0) is 40.5 Å². The number of hydrogen-bond acceptors (Lipinski definition) is 4. The van der Waals surface area contributed by atoms with Crippen LogP contribution in [0.25, 0.3) is 0 Å². The van der Waals surface area contributed by atoms with Crippen LogP contribution in [-0.2, 0) is 14.8 Å². The molecule has 0 aromatic rings. The first-order valence-electron chi connectivity index (χ1n) is 6.61. The molecule has 0 aliphatic carbocycles. The number of piperidine rings is 1. The molecule has 1 saturated heterocycles. The molecule has 19 heavy (non-hydrogen) atoms. The largest absolute Gasteiger partial charge is 0.444 e. The summed E-state index contributed by atoms with van der Waals surface area (Å²) in [5, 5.41) is 2.78. The quantitative estimate of drug-likeness (QED) is 0.851. The van der Waals surface area contributed by atoms with Gasteiger partial charge in [-0.1, -0.05) is 0 Å². The van der Waals surface area contributed by atoms with E-state index in [-0.39, 0.29) is 11.8 Å². The Labute approximate surface area is 115 Å². The van der Waals surface area contributed by atoms with E-state index in [1.807, 2.05) is 20.8 Å². The summed E-state index contributed by atoms with van der Waals surface area (Å²) in [6, 6.07) is -0.0156. The van der Waals surface area contributed by atoms with Crippen molar-refractivity contribution >= 4 is 16.1 Å². The second kappa shape index (κ2) is 6.09. The summed E-state index contributed by atoms with van der Waals surface area (Å²) in [6.45, 7) is 7.97. The molecule has 1 amide bonds. The molecule has 1 N–H and O–H groups in total. The Bertz CT molecular complexity index is 406. The van der Waals surface area contributed by atoms with Crippen LogP contribution in [0, 0.1) is 0 Å². The third kappa shape index (κ3) is 5.36. The zero-order valence-corrected chi connectivity index (χ0v) is 12.9. The van der Waals surface area contributed by atoms with E-state index in [0.29, 0.717) is 25.9 Å². The summed E-state index contributed by atoms with van der Waals surface area (Å²) < 4.78 is 30.0. The predicted molar refractivity (Wildman–Crippen MR) is 73.4 cm³/mol. The van der Waals surface area contributed by atoms with Crippen LogP contribution in [0.15, 0.2) is 0 Å². The molecule has 0 spiro atoms. The Morgan fingerprint density at radius 3 is 2.26 bits per heavy atom. The summed E-state index contributed by atoms with van der Waals surface area (Å²) in [4.78, 5) is 11.6. The normalized spacial score (nSPS) is 19.2. The highest BCUT2D eigenvalue weighted by atomic mass is 32.2. The molecule has 0 aromatic carbocycles. The van der Waals surface area contributed by atoms with E-state index in [0.717, 1.165) is 0 Å². The second-order valence-corrected chi connectivity index (χ2v) is 7.98. The van der Waals surface area contributed by atoms with Crippen molar-refractivity contribution in [2.75, 3.05) is 18.8 Å². The SMILES string of the molecule is CCS(=O)(=O)N1CCC(NC(=O)OC(C)(C)C)CC1. The van der Waals surface area contributed by atoms with Crippen LogP contribution >= 0.6 is 0 Å². The van der Waals surface area contributed by atoms with Crippen LogP contribution in [-0.4, -0.2) is 49.3 Å². The van der Waals surface area contributed by atoms with Gasteiger partial charge in [0.25, 0.3) is 0 Å². The van der Waals surface area contributed by atoms with Crippen LogP contribution in [0.5, 0.6) is 0 Å². The van der Waals surface area contributed by atoms with Crippen molar-refractivity contribution in [1.29, 1.82) is 0 Å². The summed E-state index contributed by atoms with van der Waals surface area (Å²) in [6.07, 6.45) is 0.807. The lowest BCUT2D eigenvalue weighted by molar-refractivity contribution is 0.0489. The molecule has 0 unspecified atom stereocenters. The van der Waals surface area contributed by atoms with Crippen molar-refractivity contribution in [1.82, 2.24) is 9.62 Å². The minimum Gasteiger partial charge on any atom is -0.444 e. The van der Waals surface area contributed by atoms with Crippen molar-refractivity contribution < 1.29 is 17.9 Å². The first-order chi connectivity index (χ1) is 8.64. The van der Waals surface area contributed by atoms with Crippen LogP contribution in [0.4, 0.5) is 4.79 Å². The number of amides is 1. The summed E-state index contributed by atoms with van der Waals surface area (Å²) >= 11 is 0. The van der Waals surface area contributed by atoms with Crippen molar-refractivity contribution in [2.45, 2.75) is 52.2 Å². The monoisotopic (exact) mass is 292 g/mol. The number of carbonyl (C=O) groups is 1. The Kier molecular flexibility index (Phi) is 5.20. The molecule has 1 aliphatic rings. The van der Waals surface area contributed by atoms with Gasteiger partial charge >= 0.3 is 6.09 Å². The zero-order valence-electron chi connectivity index (χ0n) is 12.1. The van der Waals surface area contributed by atoms with Gasteiger partial charge in [0.1, 0.15) is 5.60 Å². The van der Waals surface area contributed by atoms with E-state index >= 15 is 0 Å². The highest BCUT2D eigenvalue weighted by Gasteiger charge is 2.28. The van der Waals surface area contributed by atoms with E-state index in [4.69, 9.17) is 4.74 Å². The number of alkyl carbamates (subject to hydrolysis) is 1. The zero-order chi connectivity index (χ0) is 14.7. The van der Waals surface area contributed by atoms with Gasteiger partial charge in [0.05, 0.1) is 5.75 Å². The molecular formula is C12H24N2O4S. The summed E-state index contributed by atoms with van der Waals surface area (Å²) in [7, 11) is -3.11. The Morgan fingerprint density at radius 2 is 1.84 bits per heavy atom. The first kappa shape index (κ1) is 16.2. The van der Waals surface area contributed by atoms with Gasteiger partial charge in [0.15, 0.2) is 0 Å². The van der Waals surface area contributed by atoms with Crippen LogP contribution < -0.4 is 5.32 Å². The molecular weight excluding hydrogens is 268 g/mol.